The molecule has 0 saturated carbocycles. The van der Waals surface area contributed by atoms with Gasteiger partial charge in [-0.15, -0.1) is 0 Å². The Bertz CT molecular complexity index is 147. The van der Waals surface area contributed by atoms with Crippen LogP contribution in [-0.4, -0.2) is 22.5 Å². The van der Waals surface area contributed by atoms with Gasteiger partial charge in [-0.25, -0.2) is 9.59 Å². The van der Waals surface area contributed by atoms with E-state index in [1.165, 1.54) is 0 Å². The summed E-state index contributed by atoms with van der Waals surface area (Å²) in [6, 6.07) is 0. The van der Waals surface area contributed by atoms with Gasteiger partial charge in [0.25, 0.3) is 0 Å². The number of carbonyl (C=O) groups is 2. The second-order valence-electron chi connectivity index (χ2n) is 0.878. The summed E-state index contributed by atoms with van der Waals surface area (Å²) in [6.45, 7) is 0. The normalized spacial score (nSPS) is 8.36. The minimum atomic E-state index is -1.71. The van der Waals surface area contributed by atoms with E-state index >= 15 is 0 Å². The summed E-state index contributed by atoms with van der Waals surface area (Å²) in [5.74, 6) is 0. The summed E-state index contributed by atoms with van der Waals surface area (Å²) < 4.78 is 0. The van der Waals surface area contributed by atoms with Gasteiger partial charge < -0.3 is 16.4 Å². The Balaban J connectivity index is 0. The van der Waals surface area contributed by atoms with Crippen molar-refractivity contribution >= 4 is 12.3 Å². The Morgan fingerprint density at radius 2 is 1.27 bits per heavy atom. The molecule has 0 atom stereocenters. The second kappa shape index (κ2) is 6.22. The zero-order valence-electron chi connectivity index (χ0n) is 5.13. The van der Waals surface area contributed by atoms with Crippen molar-refractivity contribution in [1.29, 1.82) is 0 Å². The molecule has 9 heteroatoms. The summed E-state index contributed by atoms with van der Waals surface area (Å²) >= 11 is 0. The summed E-state index contributed by atoms with van der Waals surface area (Å²) in [4.78, 5) is 25.7. The van der Waals surface area contributed by atoms with Crippen LogP contribution >= 0.6 is 0 Å². The lowest BCUT2D eigenvalue weighted by molar-refractivity contribution is 0.0431. The maximum atomic E-state index is 9.47. The van der Waals surface area contributed by atoms with Crippen molar-refractivity contribution in [3.63, 3.8) is 0 Å². The quantitative estimate of drug-likeness (QED) is 0.406. The van der Waals surface area contributed by atoms with Crippen LogP contribution in [0, 0.1) is 0 Å². The first kappa shape index (κ1) is 11.8. The minimum Gasteiger partial charge on any atom is -0.448 e. The highest BCUT2D eigenvalue weighted by Crippen LogP contribution is 1.82. The monoisotopic (exact) mass is 167 g/mol. The van der Waals surface area contributed by atoms with Gasteiger partial charge >= 0.3 is 12.3 Å². The molecule has 0 unspecified atom stereocenters. The van der Waals surface area contributed by atoms with E-state index in [2.05, 4.69) is 20.2 Å². The number of nitrogens with zero attached hydrogens (tertiary/aromatic N) is 2. The zero-order valence-corrected chi connectivity index (χ0v) is 5.13. The molecule has 11 heavy (non-hydrogen) atoms. The highest BCUT2D eigenvalue weighted by molar-refractivity contribution is 5.56. The van der Waals surface area contributed by atoms with Crippen LogP contribution in [0.2, 0.25) is 0 Å². The Labute approximate surface area is 59.7 Å². The van der Waals surface area contributed by atoms with Crippen LogP contribution in [0.5, 0.6) is 0 Å². The molecule has 0 aromatic carbocycles. The molecule has 64 valence electrons. The maximum Gasteiger partial charge on any atom is 0.534 e. The van der Waals surface area contributed by atoms with Gasteiger partial charge in [0.1, 0.15) is 0 Å². The highest BCUT2D eigenvalue weighted by Gasteiger charge is 1.94. The van der Waals surface area contributed by atoms with Gasteiger partial charge in [-0.3, -0.25) is 9.68 Å². The van der Waals surface area contributed by atoms with Crippen molar-refractivity contribution in [1.82, 2.24) is 6.15 Å². The first-order valence-corrected chi connectivity index (χ1v) is 1.83. The lowest BCUT2D eigenvalue weighted by atomic mass is 11.4. The van der Waals surface area contributed by atoms with E-state index in [4.69, 9.17) is 10.2 Å². The summed E-state index contributed by atoms with van der Waals surface area (Å²) in [5, 5.41) is 20.1. The van der Waals surface area contributed by atoms with Crippen LogP contribution in [0.1, 0.15) is 0 Å². The van der Waals surface area contributed by atoms with Gasteiger partial charge in [0, 0.05) is 0 Å². The van der Waals surface area contributed by atoms with Gasteiger partial charge in [-0.1, -0.05) is 0 Å². The van der Waals surface area contributed by atoms with Gasteiger partial charge in [0.15, 0.2) is 0 Å². The van der Waals surface area contributed by atoms with E-state index in [1.54, 1.807) is 0 Å². The Kier molecular flexibility index (Phi) is 6.70. The van der Waals surface area contributed by atoms with Crippen molar-refractivity contribution in [2.45, 2.75) is 0 Å². The van der Waals surface area contributed by atoms with Crippen LogP contribution < -0.4 is 6.15 Å². The molecule has 0 aromatic rings. The zero-order chi connectivity index (χ0) is 7.98. The molecule has 0 aromatic heterocycles. The summed E-state index contributed by atoms with van der Waals surface area (Å²) in [6.07, 6.45) is -3.42. The number of carboxylic acid groups (broad SMARTS) is 2. The molecule has 9 nitrogen and oxygen atoms in total. The Morgan fingerprint density at radius 1 is 1.00 bits per heavy atom. The molecule has 0 fully saturated rings. The van der Waals surface area contributed by atoms with E-state index < -0.39 is 12.3 Å². The first-order valence-electron chi connectivity index (χ1n) is 1.83. The SMILES string of the molecule is N.O=C(O)ON=NOC(=O)O. The predicted octanol–water partition coefficient (Wildman–Crippen LogP) is 0.820. The van der Waals surface area contributed by atoms with Crippen molar-refractivity contribution in [3.8, 4) is 0 Å². The molecule has 0 bridgehead atoms. The molecule has 0 aliphatic rings. The smallest absolute Gasteiger partial charge is 0.448 e. The lowest BCUT2D eigenvalue weighted by Crippen LogP contribution is -1.94. The van der Waals surface area contributed by atoms with Gasteiger partial charge in [-0.05, 0) is 0 Å². The second-order valence-corrected chi connectivity index (χ2v) is 0.878. The summed E-state index contributed by atoms with van der Waals surface area (Å²) in [7, 11) is 0. The molecule has 0 rings (SSSR count). The number of hydrogen-bond donors (Lipinski definition) is 3. The van der Waals surface area contributed by atoms with Gasteiger partial charge in [0.2, 0.25) is 0 Å². The van der Waals surface area contributed by atoms with Crippen molar-refractivity contribution in [3.05, 3.63) is 0 Å². The van der Waals surface area contributed by atoms with Crippen LogP contribution in [0.4, 0.5) is 9.59 Å². The van der Waals surface area contributed by atoms with E-state index in [0.717, 1.165) is 0 Å². The van der Waals surface area contributed by atoms with E-state index in [0.29, 0.717) is 0 Å². The molecular weight excluding hydrogens is 162 g/mol. The van der Waals surface area contributed by atoms with Crippen molar-refractivity contribution in [2.75, 3.05) is 0 Å². The van der Waals surface area contributed by atoms with Crippen molar-refractivity contribution < 1.29 is 29.5 Å². The van der Waals surface area contributed by atoms with E-state index in [1.807, 2.05) is 0 Å². The largest absolute Gasteiger partial charge is 0.534 e. The molecule has 0 spiro atoms. The standard InChI is InChI=1S/C2H2N2O6.H3N/c5-1(6)9-3-4-10-2(7)8;/h(H,5,6)(H,7,8);1H3. The average molecular weight is 167 g/mol. The maximum absolute atomic E-state index is 9.47. The molecule has 0 saturated heterocycles. The molecule has 0 aliphatic carbocycles. The predicted molar refractivity (Wildman–Crippen MR) is 28.1 cm³/mol. The fourth-order valence-electron chi connectivity index (χ4n) is 0.103. The summed E-state index contributed by atoms with van der Waals surface area (Å²) in [5.41, 5.74) is 0. The third-order valence-corrected chi connectivity index (χ3v) is 0.271. The lowest BCUT2D eigenvalue weighted by Gasteiger charge is -1.83. The molecule has 0 aliphatic heterocycles. The molecular formula is C2H5N3O6. The Morgan fingerprint density at radius 3 is 1.45 bits per heavy atom. The average Bonchev–Trinajstić information content (AvgIpc) is 1.79. The first-order chi connectivity index (χ1) is 4.63. The van der Waals surface area contributed by atoms with Crippen molar-refractivity contribution in [2.24, 2.45) is 10.6 Å². The van der Waals surface area contributed by atoms with Crippen LogP contribution in [0.25, 0.3) is 0 Å². The number of rotatable bonds is 2. The fourth-order valence-corrected chi connectivity index (χ4v) is 0.103. The molecule has 0 heterocycles. The highest BCUT2D eigenvalue weighted by atomic mass is 16.8. The van der Waals surface area contributed by atoms with Gasteiger partial charge in [0.05, 0.1) is 10.6 Å². The number of hydrogen-bond acceptors (Lipinski definition) is 7. The van der Waals surface area contributed by atoms with Crippen LogP contribution in [-0.2, 0) is 9.68 Å². The third-order valence-electron chi connectivity index (χ3n) is 0.271. The van der Waals surface area contributed by atoms with E-state index in [-0.39, 0.29) is 6.15 Å². The molecule has 5 N–H and O–H groups in total. The Hall–Kier alpha value is -1.90. The minimum absolute atomic E-state index is 0. The van der Waals surface area contributed by atoms with Crippen LogP contribution in [0.3, 0.4) is 0 Å². The molecule has 0 radical (unpaired) electrons. The van der Waals surface area contributed by atoms with Crippen LogP contribution in [0.15, 0.2) is 10.6 Å². The third kappa shape index (κ3) is 11.6. The van der Waals surface area contributed by atoms with Gasteiger partial charge in [-0.2, -0.15) is 0 Å². The topological polar surface area (TPSA) is 153 Å². The van der Waals surface area contributed by atoms with E-state index in [9.17, 15) is 9.59 Å². The fraction of sp³-hybridized carbons (Fsp3) is 0. The molecule has 0 amide bonds.